The molecule has 3 heteroatoms. The first kappa shape index (κ1) is 6.37. The molecule has 0 saturated heterocycles. The summed E-state index contributed by atoms with van der Waals surface area (Å²) in [4.78, 5) is 0. The van der Waals surface area contributed by atoms with Crippen molar-refractivity contribution >= 4 is 14.5 Å². The van der Waals surface area contributed by atoms with Crippen molar-refractivity contribution in [1.82, 2.24) is 0 Å². The summed E-state index contributed by atoms with van der Waals surface area (Å²) in [6.45, 7) is 0. The number of aromatic hydroxyl groups is 2. The van der Waals surface area contributed by atoms with E-state index in [-0.39, 0.29) is 11.5 Å². The van der Waals surface area contributed by atoms with E-state index in [0.717, 1.165) is 0 Å². The van der Waals surface area contributed by atoms with E-state index in [0.29, 0.717) is 5.30 Å². The monoisotopic (exact) mass is 142 g/mol. The highest BCUT2D eigenvalue weighted by atomic mass is 31.0. The highest BCUT2D eigenvalue weighted by Gasteiger charge is 1.93. The fourth-order valence-corrected chi connectivity index (χ4v) is 0.809. The summed E-state index contributed by atoms with van der Waals surface area (Å²) in [6, 6.07) is 4.35. The summed E-state index contributed by atoms with van der Waals surface area (Å²) in [6.07, 6.45) is 0. The zero-order valence-electron chi connectivity index (χ0n) is 4.70. The van der Waals surface area contributed by atoms with Gasteiger partial charge in [0.1, 0.15) is 11.5 Å². The van der Waals surface area contributed by atoms with Crippen molar-refractivity contribution in [2.45, 2.75) is 0 Å². The number of phenolic OH excluding ortho intramolecular Hbond substituents is 2. The van der Waals surface area contributed by atoms with Crippen molar-refractivity contribution in [3.8, 4) is 11.5 Å². The summed E-state index contributed by atoms with van der Waals surface area (Å²) in [5, 5.41) is 18.3. The van der Waals surface area contributed by atoms with Crippen LogP contribution in [-0.2, 0) is 0 Å². The van der Waals surface area contributed by atoms with Crippen molar-refractivity contribution in [1.29, 1.82) is 0 Å². The Labute approximate surface area is 55.3 Å². The minimum atomic E-state index is 0.165. The average Bonchev–Trinajstić information content (AvgIpc) is 1.80. The molecule has 0 bridgehead atoms. The van der Waals surface area contributed by atoms with E-state index in [1.807, 2.05) is 0 Å². The van der Waals surface area contributed by atoms with E-state index in [1.54, 1.807) is 0 Å². The summed E-state index contributed by atoms with van der Waals surface area (Å²) < 4.78 is 0. The normalized spacial score (nSPS) is 9.44. The SMILES string of the molecule is Oc1ccc(O)c(P)c1. The van der Waals surface area contributed by atoms with Crippen LogP contribution in [0, 0.1) is 0 Å². The Morgan fingerprint density at radius 2 is 1.89 bits per heavy atom. The summed E-state index contributed by atoms with van der Waals surface area (Å²) in [5.74, 6) is 0.343. The third kappa shape index (κ3) is 1.33. The summed E-state index contributed by atoms with van der Waals surface area (Å²) in [7, 11) is 2.31. The van der Waals surface area contributed by atoms with Crippen LogP contribution in [0.3, 0.4) is 0 Å². The Morgan fingerprint density at radius 1 is 1.22 bits per heavy atom. The lowest BCUT2D eigenvalue weighted by atomic mass is 10.3. The standard InChI is InChI=1S/C6H7O2P/c7-4-1-2-5(8)6(9)3-4/h1-3,7-8H,9H2. The molecule has 1 atom stereocenters. The molecule has 2 nitrogen and oxygen atoms in total. The Morgan fingerprint density at radius 3 is 2.33 bits per heavy atom. The first-order valence-corrected chi connectivity index (χ1v) is 3.05. The molecule has 0 heterocycles. The van der Waals surface area contributed by atoms with E-state index in [4.69, 9.17) is 10.2 Å². The molecule has 0 saturated carbocycles. The van der Waals surface area contributed by atoms with Crippen LogP contribution in [0.5, 0.6) is 11.5 Å². The van der Waals surface area contributed by atoms with Gasteiger partial charge in [-0.3, -0.25) is 0 Å². The van der Waals surface area contributed by atoms with Gasteiger partial charge in [0.15, 0.2) is 0 Å². The molecule has 48 valence electrons. The Kier molecular flexibility index (Phi) is 1.58. The Hall–Kier alpha value is -0.750. The fourth-order valence-electron chi connectivity index (χ4n) is 0.542. The molecule has 1 rings (SSSR count). The van der Waals surface area contributed by atoms with Gasteiger partial charge in [0, 0.05) is 5.30 Å². The lowest BCUT2D eigenvalue weighted by Gasteiger charge is -1.96. The maximum atomic E-state index is 8.91. The third-order valence-electron chi connectivity index (χ3n) is 1.01. The molecule has 0 aromatic heterocycles. The maximum absolute atomic E-state index is 8.91. The second kappa shape index (κ2) is 2.24. The molecule has 1 aromatic rings. The van der Waals surface area contributed by atoms with E-state index >= 15 is 0 Å². The molecule has 0 aliphatic carbocycles. The zero-order chi connectivity index (χ0) is 6.85. The molecule has 0 amide bonds. The van der Waals surface area contributed by atoms with E-state index < -0.39 is 0 Å². The van der Waals surface area contributed by atoms with Gasteiger partial charge in [0.2, 0.25) is 0 Å². The minimum absolute atomic E-state index is 0.165. The topological polar surface area (TPSA) is 40.5 Å². The molecule has 0 spiro atoms. The number of rotatable bonds is 0. The van der Waals surface area contributed by atoms with Gasteiger partial charge in [-0.1, -0.05) is 0 Å². The maximum Gasteiger partial charge on any atom is 0.122 e. The average molecular weight is 142 g/mol. The van der Waals surface area contributed by atoms with Gasteiger partial charge < -0.3 is 10.2 Å². The molecule has 0 aliphatic heterocycles. The second-order valence-electron chi connectivity index (χ2n) is 1.74. The van der Waals surface area contributed by atoms with Crippen LogP contribution in [0.15, 0.2) is 18.2 Å². The number of benzene rings is 1. The molecule has 0 radical (unpaired) electrons. The molecular formula is C6H7O2P. The molecule has 1 unspecified atom stereocenters. The Bertz CT molecular complexity index is 222. The second-order valence-corrected chi connectivity index (χ2v) is 2.37. The van der Waals surface area contributed by atoms with Gasteiger partial charge >= 0.3 is 0 Å². The predicted molar refractivity (Wildman–Crippen MR) is 39.1 cm³/mol. The quantitative estimate of drug-likeness (QED) is 0.411. The van der Waals surface area contributed by atoms with Gasteiger partial charge in [-0.05, 0) is 18.2 Å². The van der Waals surface area contributed by atoms with Crippen molar-refractivity contribution in [3.63, 3.8) is 0 Å². The predicted octanol–water partition coefficient (Wildman–Crippen LogP) is 0.598. The highest BCUT2D eigenvalue weighted by molar-refractivity contribution is 7.27. The van der Waals surface area contributed by atoms with Crippen LogP contribution in [0.1, 0.15) is 0 Å². The van der Waals surface area contributed by atoms with Crippen LogP contribution in [0.25, 0.3) is 0 Å². The van der Waals surface area contributed by atoms with Crippen LogP contribution in [0.4, 0.5) is 0 Å². The van der Waals surface area contributed by atoms with Crippen LogP contribution >= 0.6 is 9.24 Å². The van der Waals surface area contributed by atoms with Crippen molar-refractivity contribution < 1.29 is 10.2 Å². The summed E-state index contributed by atoms with van der Waals surface area (Å²) >= 11 is 0. The smallest absolute Gasteiger partial charge is 0.122 e. The molecule has 2 N–H and O–H groups in total. The highest BCUT2D eigenvalue weighted by Crippen LogP contribution is 2.14. The van der Waals surface area contributed by atoms with Gasteiger partial charge in [-0.15, -0.1) is 9.24 Å². The summed E-state index contributed by atoms with van der Waals surface area (Å²) in [5.41, 5.74) is 0. The van der Waals surface area contributed by atoms with E-state index in [9.17, 15) is 0 Å². The largest absolute Gasteiger partial charge is 0.508 e. The number of hydrogen-bond donors (Lipinski definition) is 2. The first-order chi connectivity index (χ1) is 4.20. The van der Waals surface area contributed by atoms with Crippen molar-refractivity contribution in [2.24, 2.45) is 0 Å². The van der Waals surface area contributed by atoms with E-state index in [1.165, 1.54) is 18.2 Å². The van der Waals surface area contributed by atoms with E-state index in [2.05, 4.69) is 9.24 Å². The van der Waals surface area contributed by atoms with Gasteiger partial charge in [0.25, 0.3) is 0 Å². The van der Waals surface area contributed by atoms with Crippen LogP contribution in [-0.4, -0.2) is 10.2 Å². The lowest BCUT2D eigenvalue weighted by Crippen LogP contribution is -1.88. The van der Waals surface area contributed by atoms with Crippen molar-refractivity contribution in [3.05, 3.63) is 18.2 Å². The molecular weight excluding hydrogens is 135 g/mol. The van der Waals surface area contributed by atoms with Gasteiger partial charge in [-0.25, -0.2) is 0 Å². The van der Waals surface area contributed by atoms with Gasteiger partial charge in [-0.2, -0.15) is 0 Å². The van der Waals surface area contributed by atoms with Gasteiger partial charge in [0.05, 0.1) is 0 Å². The Balaban J connectivity index is 3.17. The number of hydrogen-bond acceptors (Lipinski definition) is 2. The molecule has 0 fully saturated rings. The fraction of sp³-hybridized carbons (Fsp3) is 0. The van der Waals surface area contributed by atoms with Crippen LogP contribution in [0.2, 0.25) is 0 Å². The number of phenols is 2. The minimum Gasteiger partial charge on any atom is -0.508 e. The molecule has 0 aliphatic rings. The molecule has 9 heavy (non-hydrogen) atoms. The molecule has 1 aromatic carbocycles. The zero-order valence-corrected chi connectivity index (χ0v) is 5.86. The van der Waals surface area contributed by atoms with Crippen LogP contribution < -0.4 is 5.30 Å². The lowest BCUT2D eigenvalue weighted by molar-refractivity contribution is 0.464. The first-order valence-electron chi connectivity index (χ1n) is 2.47. The third-order valence-corrected chi connectivity index (χ3v) is 1.47. The van der Waals surface area contributed by atoms with Crippen molar-refractivity contribution in [2.75, 3.05) is 0 Å².